The fourth-order valence-corrected chi connectivity index (χ4v) is 2.49. The summed E-state index contributed by atoms with van der Waals surface area (Å²) in [5.74, 6) is 1.30. The first-order chi connectivity index (χ1) is 9.99. The van der Waals surface area contributed by atoms with Gasteiger partial charge in [0, 0.05) is 19.3 Å². The van der Waals surface area contributed by atoms with Crippen LogP contribution in [0.4, 0.5) is 11.8 Å². The highest BCUT2D eigenvalue weighted by Gasteiger charge is 2.09. The van der Waals surface area contributed by atoms with Crippen LogP contribution in [-0.2, 0) is 9.84 Å². The van der Waals surface area contributed by atoms with Crippen LogP contribution in [0, 0.1) is 0 Å². The molecule has 0 aliphatic carbocycles. The number of hydrogen-bond acceptors (Lipinski definition) is 7. The second-order valence-electron chi connectivity index (χ2n) is 4.83. The van der Waals surface area contributed by atoms with Gasteiger partial charge in [-0.25, -0.2) is 13.4 Å². The Balaban J connectivity index is 2.08. The van der Waals surface area contributed by atoms with Crippen molar-refractivity contribution in [1.29, 1.82) is 0 Å². The predicted octanol–water partition coefficient (Wildman–Crippen LogP) is 1.02. The van der Waals surface area contributed by atoms with Gasteiger partial charge in [-0.1, -0.05) is 6.92 Å². The summed E-state index contributed by atoms with van der Waals surface area (Å²) in [5, 5.41) is 6.26. The Bertz CT molecular complexity index is 697. The van der Waals surface area contributed by atoms with Crippen LogP contribution in [0.3, 0.4) is 0 Å². The summed E-state index contributed by atoms with van der Waals surface area (Å²) < 4.78 is 22.2. The predicted molar refractivity (Wildman–Crippen MR) is 83.3 cm³/mol. The molecule has 21 heavy (non-hydrogen) atoms. The first kappa shape index (κ1) is 15.5. The third-order valence-electron chi connectivity index (χ3n) is 2.80. The van der Waals surface area contributed by atoms with Crippen molar-refractivity contribution in [1.82, 2.24) is 19.9 Å². The summed E-state index contributed by atoms with van der Waals surface area (Å²) in [4.78, 5) is 15.8. The summed E-state index contributed by atoms with van der Waals surface area (Å²) in [6.07, 6.45) is 4.29. The van der Waals surface area contributed by atoms with E-state index in [1.54, 1.807) is 6.33 Å². The number of aromatic amines is 1. The van der Waals surface area contributed by atoms with Crippen molar-refractivity contribution in [2.45, 2.75) is 19.8 Å². The van der Waals surface area contributed by atoms with Crippen molar-refractivity contribution in [3.8, 4) is 0 Å². The average molecular weight is 312 g/mol. The molecule has 0 radical (unpaired) electrons. The van der Waals surface area contributed by atoms with Crippen molar-refractivity contribution in [3.63, 3.8) is 0 Å². The highest BCUT2D eigenvalue weighted by atomic mass is 32.2. The van der Waals surface area contributed by atoms with Gasteiger partial charge in [-0.3, -0.25) is 0 Å². The quantitative estimate of drug-likeness (QED) is 0.624. The minimum atomic E-state index is -2.94. The Kier molecular flexibility index (Phi) is 4.94. The van der Waals surface area contributed by atoms with Crippen LogP contribution in [0.1, 0.15) is 19.8 Å². The van der Waals surface area contributed by atoms with Crippen LogP contribution in [0.5, 0.6) is 0 Å². The molecule has 8 nitrogen and oxygen atoms in total. The Hall–Kier alpha value is -1.90. The van der Waals surface area contributed by atoms with Gasteiger partial charge in [0.2, 0.25) is 5.95 Å². The molecule has 116 valence electrons. The number of rotatable bonds is 8. The lowest BCUT2D eigenvalue weighted by atomic mass is 10.4. The number of nitrogens with one attached hydrogen (secondary N) is 3. The molecule has 0 spiro atoms. The minimum Gasteiger partial charge on any atom is -0.368 e. The van der Waals surface area contributed by atoms with Gasteiger partial charge in [-0.05, 0) is 12.8 Å². The molecule has 0 unspecified atom stereocenters. The van der Waals surface area contributed by atoms with Crippen LogP contribution < -0.4 is 10.6 Å². The fraction of sp³-hybridized carbons (Fsp3) is 0.583. The van der Waals surface area contributed by atoms with Gasteiger partial charge in [0.25, 0.3) is 0 Å². The summed E-state index contributed by atoms with van der Waals surface area (Å²) >= 11 is 0. The molecule has 0 atom stereocenters. The van der Waals surface area contributed by atoms with Gasteiger partial charge in [0.15, 0.2) is 11.5 Å². The lowest BCUT2D eigenvalue weighted by Gasteiger charge is -2.08. The number of aromatic nitrogens is 4. The van der Waals surface area contributed by atoms with E-state index in [9.17, 15) is 8.42 Å². The van der Waals surface area contributed by atoms with Gasteiger partial charge in [0.1, 0.15) is 15.4 Å². The lowest BCUT2D eigenvalue weighted by Crippen LogP contribution is -2.12. The molecule has 2 rings (SSSR count). The lowest BCUT2D eigenvalue weighted by molar-refractivity contribution is 0.600. The normalized spacial score (nSPS) is 11.7. The smallest absolute Gasteiger partial charge is 0.226 e. The maximum Gasteiger partial charge on any atom is 0.226 e. The van der Waals surface area contributed by atoms with Crippen LogP contribution in [0.2, 0.25) is 0 Å². The van der Waals surface area contributed by atoms with Crippen LogP contribution in [0.15, 0.2) is 6.33 Å². The van der Waals surface area contributed by atoms with Gasteiger partial charge in [-0.2, -0.15) is 9.97 Å². The van der Waals surface area contributed by atoms with Crippen molar-refractivity contribution >= 4 is 32.8 Å². The van der Waals surface area contributed by atoms with Gasteiger partial charge in [0.05, 0.1) is 12.1 Å². The van der Waals surface area contributed by atoms with Gasteiger partial charge >= 0.3 is 0 Å². The van der Waals surface area contributed by atoms with E-state index in [2.05, 4.69) is 37.5 Å². The Morgan fingerprint density at radius 2 is 2.05 bits per heavy atom. The van der Waals surface area contributed by atoms with Crippen LogP contribution >= 0.6 is 0 Å². The van der Waals surface area contributed by atoms with Crippen molar-refractivity contribution in [2.24, 2.45) is 0 Å². The third kappa shape index (κ3) is 4.55. The molecule has 2 aromatic rings. The van der Waals surface area contributed by atoms with Gasteiger partial charge in [-0.15, -0.1) is 0 Å². The van der Waals surface area contributed by atoms with Crippen molar-refractivity contribution < 1.29 is 8.42 Å². The molecule has 2 aromatic heterocycles. The highest BCUT2D eigenvalue weighted by molar-refractivity contribution is 7.90. The summed E-state index contributed by atoms with van der Waals surface area (Å²) in [7, 11) is -2.94. The molecule has 0 saturated carbocycles. The van der Waals surface area contributed by atoms with E-state index in [1.807, 2.05) is 0 Å². The molecule has 2 heterocycles. The Labute approximate surface area is 123 Å². The van der Waals surface area contributed by atoms with E-state index in [-0.39, 0.29) is 5.75 Å². The van der Waals surface area contributed by atoms with Crippen LogP contribution in [0.25, 0.3) is 11.2 Å². The summed E-state index contributed by atoms with van der Waals surface area (Å²) in [6, 6.07) is 0. The Morgan fingerprint density at radius 1 is 1.24 bits per heavy atom. The van der Waals surface area contributed by atoms with E-state index in [4.69, 9.17) is 0 Å². The SMILES string of the molecule is CCCNc1nc(NCCCS(C)(=O)=O)c2[nH]cnc2n1. The second kappa shape index (κ2) is 6.70. The van der Waals surface area contributed by atoms with E-state index in [1.165, 1.54) is 6.26 Å². The minimum absolute atomic E-state index is 0.151. The zero-order valence-electron chi connectivity index (χ0n) is 12.2. The standard InChI is InChI=1S/C12H20N6O2S/c1-3-5-14-12-17-10(9-11(18-12)16-8-15-9)13-6-4-7-21(2,19)20/h8H,3-7H2,1-2H3,(H3,13,14,15,16,17,18). The highest BCUT2D eigenvalue weighted by Crippen LogP contribution is 2.18. The van der Waals surface area contributed by atoms with Crippen molar-refractivity contribution in [2.75, 3.05) is 35.7 Å². The average Bonchev–Trinajstić information content (AvgIpc) is 2.88. The molecular formula is C12H20N6O2S. The van der Waals surface area contributed by atoms with Crippen LogP contribution in [-0.4, -0.2) is 53.5 Å². The molecule has 9 heteroatoms. The summed E-state index contributed by atoms with van der Waals surface area (Å²) in [5.41, 5.74) is 1.30. The Morgan fingerprint density at radius 3 is 2.76 bits per heavy atom. The number of anilines is 2. The van der Waals surface area contributed by atoms with E-state index >= 15 is 0 Å². The maximum atomic E-state index is 11.1. The third-order valence-corrected chi connectivity index (χ3v) is 3.83. The number of H-pyrrole nitrogens is 1. The molecule has 0 fully saturated rings. The number of hydrogen-bond donors (Lipinski definition) is 3. The van der Waals surface area contributed by atoms with E-state index in [0.717, 1.165) is 18.5 Å². The first-order valence-corrected chi connectivity index (χ1v) is 8.92. The number of nitrogens with zero attached hydrogens (tertiary/aromatic N) is 3. The molecule has 3 N–H and O–H groups in total. The molecule has 0 bridgehead atoms. The molecular weight excluding hydrogens is 292 g/mol. The van der Waals surface area contributed by atoms with E-state index in [0.29, 0.717) is 30.4 Å². The number of imidazole rings is 1. The largest absolute Gasteiger partial charge is 0.368 e. The summed E-state index contributed by atoms with van der Waals surface area (Å²) in [6.45, 7) is 3.36. The monoisotopic (exact) mass is 312 g/mol. The molecule has 0 amide bonds. The molecule has 0 saturated heterocycles. The fourth-order valence-electron chi connectivity index (χ4n) is 1.82. The maximum absolute atomic E-state index is 11.1. The molecule has 0 aromatic carbocycles. The zero-order valence-corrected chi connectivity index (χ0v) is 13.0. The topological polar surface area (TPSA) is 113 Å². The first-order valence-electron chi connectivity index (χ1n) is 6.86. The number of sulfone groups is 1. The molecule has 0 aliphatic rings. The van der Waals surface area contributed by atoms with Crippen molar-refractivity contribution in [3.05, 3.63) is 6.33 Å². The molecule has 0 aliphatic heterocycles. The van der Waals surface area contributed by atoms with E-state index < -0.39 is 9.84 Å². The second-order valence-corrected chi connectivity index (χ2v) is 7.09. The zero-order chi connectivity index (χ0) is 15.3. The number of fused-ring (bicyclic) bond motifs is 1. The van der Waals surface area contributed by atoms with Gasteiger partial charge < -0.3 is 15.6 Å².